The number of nitrogens with two attached hydrogens (primary N) is 1. The van der Waals surface area contributed by atoms with Gasteiger partial charge in [0.2, 0.25) is 0 Å². The van der Waals surface area contributed by atoms with Crippen molar-refractivity contribution in [2.45, 2.75) is 13.8 Å². The van der Waals surface area contributed by atoms with Crippen molar-refractivity contribution >= 4 is 5.57 Å². The van der Waals surface area contributed by atoms with Gasteiger partial charge in [-0.25, -0.2) is 0 Å². The molecule has 64 valence electrons. The first-order chi connectivity index (χ1) is 5.63. The maximum atomic E-state index is 5.50. The van der Waals surface area contributed by atoms with Gasteiger partial charge in [-0.1, -0.05) is 35.9 Å². The molecule has 0 fully saturated rings. The standard InChI is InChI=1S/C11H15N/c1-8-4-9(2)6-11(5-8)10(3)7-12/h4-6H,3,7,12H2,1-2H3. The molecule has 1 heteroatoms. The van der Waals surface area contributed by atoms with Gasteiger partial charge in [0.15, 0.2) is 0 Å². The Kier molecular flexibility index (Phi) is 2.66. The van der Waals surface area contributed by atoms with Crippen molar-refractivity contribution < 1.29 is 0 Å². The number of rotatable bonds is 2. The molecule has 12 heavy (non-hydrogen) atoms. The van der Waals surface area contributed by atoms with Gasteiger partial charge in [0.05, 0.1) is 0 Å². The van der Waals surface area contributed by atoms with E-state index in [0.29, 0.717) is 6.54 Å². The van der Waals surface area contributed by atoms with E-state index in [-0.39, 0.29) is 0 Å². The van der Waals surface area contributed by atoms with Gasteiger partial charge >= 0.3 is 0 Å². The van der Waals surface area contributed by atoms with Crippen LogP contribution in [0, 0.1) is 13.8 Å². The van der Waals surface area contributed by atoms with E-state index in [1.165, 1.54) is 11.1 Å². The average Bonchev–Trinajstić information content (AvgIpc) is 2.01. The van der Waals surface area contributed by atoms with Crippen molar-refractivity contribution in [3.05, 3.63) is 41.5 Å². The lowest BCUT2D eigenvalue weighted by Crippen LogP contribution is -2.01. The first-order valence-electron chi connectivity index (χ1n) is 4.10. The minimum absolute atomic E-state index is 0.531. The Bertz CT molecular complexity index is 280. The summed E-state index contributed by atoms with van der Waals surface area (Å²) in [6, 6.07) is 6.37. The van der Waals surface area contributed by atoms with Crippen LogP contribution in [-0.4, -0.2) is 6.54 Å². The summed E-state index contributed by atoms with van der Waals surface area (Å²) in [4.78, 5) is 0. The Morgan fingerprint density at radius 3 is 2.17 bits per heavy atom. The molecule has 2 N–H and O–H groups in total. The molecule has 0 bridgehead atoms. The van der Waals surface area contributed by atoms with E-state index in [2.05, 4.69) is 38.6 Å². The third-order valence-corrected chi connectivity index (χ3v) is 1.88. The topological polar surface area (TPSA) is 26.0 Å². The number of hydrogen-bond acceptors (Lipinski definition) is 1. The Labute approximate surface area is 73.9 Å². The van der Waals surface area contributed by atoms with Crippen molar-refractivity contribution in [3.63, 3.8) is 0 Å². The quantitative estimate of drug-likeness (QED) is 0.707. The molecule has 0 unspecified atom stereocenters. The van der Waals surface area contributed by atoms with Crippen LogP contribution in [0.15, 0.2) is 24.8 Å². The minimum atomic E-state index is 0.531. The largest absolute Gasteiger partial charge is 0.326 e. The van der Waals surface area contributed by atoms with Crippen LogP contribution < -0.4 is 5.73 Å². The van der Waals surface area contributed by atoms with Crippen LogP contribution in [0.2, 0.25) is 0 Å². The van der Waals surface area contributed by atoms with Crippen LogP contribution in [-0.2, 0) is 0 Å². The monoisotopic (exact) mass is 161 g/mol. The van der Waals surface area contributed by atoms with E-state index in [9.17, 15) is 0 Å². The van der Waals surface area contributed by atoms with Gasteiger partial charge in [0, 0.05) is 6.54 Å². The summed E-state index contributed by atoms with van der Waals surface area (Å²) in [7, 11) is 0. The van der Waals surface area contributed by atoms with Gasteiger partial charge in [-0.3, -0.25) is 0 Å². The molecular formula is C11H15N. The molecule has 1 rings (SSSR count). The van der Waals surface area contributed by atoms with Gasteiger partial charge in [-0.15, -0.1) is 0 Å². The predicted molar refractivity (Wildman–Crippen MR) is 54.0 cm³/mol. The third kappa shape index (κ3) is 1.95. The summed E-state index contributed by atoms with van der Waals surface area (Å²) in [5.74, 6) is 0. The Morgan fingerprint density at radius 1 is 1.25 bits per heavy atom. The van der Waals surface area contributed by atoms with Gasteiger partial charge in [-0.2, -0.15) is 0 Å². The van der Waals surface area contributed by atoms with E-state index in [0.717, 1.165) is 11.1 Å². The van der Waals surface area contributed by atoms with Crippen LogP contribution in [0.4, 0.5) is 0 Å². The zero-order valence-corrected chi connectivity index (χ0v) is 7.72. The van der Waals surface area contributed by atoms with E-state index >= 15 is 0 Å². The maximum Gasteiger partial charge on any atom is 0.0178 e. The zero-order chi connectivity index (χ0) is 9.14. The second-order valence-electron chi connectivity index (χ2n) is 3.18. The highest BCUT2D eigenvalue weighted by Crippen LogP contribution is 2.15. The molecule has 0 aromatic heterocycles. The Balaban J connectivity index is 3.08. The normalized spacial score (nSPS) is 9.92. The summed E-state index contributed by atoms with van der Waals surface area (Å²) in [6.07, 6.45) is 0. The number of aryl methyl sites for hydroxylation is 2. The molecule has 0 saturated carbocycles. The van der Waals surface area contributed by atoms with E-state index in [4.69, 9.17) is 5.73 Å². The highest BCUT2D eigenvalue weighted by molar-refractivity contribution is 5.65. The van der Waals surface area contributed by atoms with Crippen molar-refractivity contribution in [1.29, 1.82) is 0 Å². The second kappa shape index (κ2) is 3.55. The lowest BCUT2D eigenvalue weighted by molar-refractivity contribution is 1.26. The minimum Gasteiger partial charge on any atom is -0.326 e. The van der Waals surface area contributed by atoms with Gasteiger partial charge in [-0.05, 0) is 25.0 Å². The van der Waals surface area contributed by atoms with Crippen LogP contribution >= 0.6 is 0 Å². The molecule has 0 radical (unpaired) electrons. The van der Waals surface area contributed by atoms with Crippen molar-refractivity contribution in [1.82, 2.24) is 0 Å². The molecule has 1 nitrogen and oxygen atoms in total. The van der Waals surface area contributed by atoms with Crippen LogP contribution in [0.5, 0.6) is 0 Å². The molecule has 0 amide bonds. The van der Waals surface area contributed by atoms with Crippen molar-refractivity contribution in [2.24, 2.45) is 5.73 Å². The molecule has 0 aliphatic rings. The first-order valence-corrected chi connectivity index (χ1v) is 4.10. The molecule has 0 aliphatic carbocycles. The highest BCUT2D eigenvalue weighted by atomic mass is 14.5. The highest BCUT2D eigenvalue weighted by Gasteiger charge is 1.97. The second-order valence-corrected chi connectivity index (χ2v) is 3.18. The Morgan fingerprint density at radius 2 is 1.75 bits per heavy atom. The summed E-state index contributed by atoms with van der Waals surface area (Å²) in [6.45, 7) is 8.60. The smallest absolute Gasteiger partial charge is 0.0178 e. The van der Waals surface area contributed by atoms with Crippen molar-refractivity contribution in [3.8, 4) is 0 Å². The molecular weight excluding hydrogens is 146 g/mol. The molecule has 0 atom stereocenters. The maximum absolute atomic E-state index is 5.50. The van der Waals surface area contributed by atoms with E-state index < -0.39 is 0 Å². The molecule has 0 heterocycles. The lowest BCUT2D eigenvalue weighted by Gasteiger charge is -2.05. The van der Waals surface area contributed by atoms with Crippen LogP contribution in [0.3, 0.4) is 0 Å². The summed E-state index contributed by atoms with van der Waals surface area (Å²) < 4.78 is 0. The molecule has 0 saturated heterocycles. The SMILES string of the molecule is C=C(CN)c1cc(C)cc(C)c1. The van der Waals surface area contributed by atoms with E-state index in [1.54, 1.807) is 0 Å². The van der Waals surface area contributed by atoms with Gasteiger partial charge < -0.3 is 5.73 Å². The average molecular weight is 161 g/mol. The number of hydrogen-bond donors (Lipinski definition) is 1. The number of benzene rings is 1. The lowest BCUT2D eigenvalue weighted by atomic mass is 10.0. The van der Waals surface area contributed by atoms with Gasteiger partial charge in [0.1, 0.15) is 0 Å². The first kappa shape index (κ1) is 9.01. The predicted octanol–water partition coefficient (Wildman–Crippen LogP) is 2.28. The summed E-state index contributed by atoms with van der Waals surface area (Å²) in [5.41, 5.74) is 10.2. The van der Waals surface area contributed by atoms with Gasteiger partial charge in [0.25, 0.3) is 0 Å². The summed E-state index contributed by atoms with van der Waals surface area (Å²) in [5, 5.41) is 0. The molecule has 0 spiro atoms. The fraction of sp³-hybridized carbons (Fsp3) is 0.273. The fourth-order valence-corrected chi connectivity index (χ4v) is 1.30. The molecule has 0 aliphatic heterocycles. The van der Waals surface area contributed by atoms with Crippen LogP contribution in [0.25, 0.3) is 5.57 Å². The fourth-order valence-electron chi connectivity index (χ4n) is 1.30. The molecule has 1 aromatic carbocycles. The third-order valence-electron chi connectivity index (χ3n) is 1.88. The molecule has 1 aromatic rings. The van der Waals surface area contributed by atoms with Crippen molar-refractivity contribution in [2.75, 3.05) is 6.54 Å². The van der Waals surface area contributed by atoms with Crippen LogP contribution in [0.1, 0.15) is 16.7 Å². The zero-order valence-electron chi connectivity index (χ0n) is 7.72. The van der Waals surface area contributed by atoms with E-state index in [1.807, 2.05) is 0 Å². The Hall–Kier alpha value is -1.08. The summed E-state index contributed by atoms with van der Waals surface area (Å²) >= 11 is 0.